The van der Waals surface area contributed by atoms with Crippen LogP contribution in [0.2, 0.25) is 5.02 Å². The Kier molecular flexibility index (Phi) is 3.80. The number of nitrogens with zero attached hydrogens (tertiary/aromatic N) is 1. The van der Waals surface area contributed by atoms with Gasteiger partial charge in [-0.3, -0.25) is 4.99 Å². The highest BCUT2D eigenvalue weighted by Gasteiger charge is 2.30. The molecule has 0 spiro atoms. The molecule has 1 aliphatic heterocycles. The third kappa shape index (κ3) is 2.83. The second kappa shape index (κ2) is 5.54. The van der Waals surface area contributed by atoms with Crippen LogP contribution < -0.4 is 5.32 Å². The monoisotopic (exact) mass is 280 g/mol. The first kappa shape index (κ1) is 12.4. The van der Waals surface area contributed by atoms with Gasteiger partial charge in [0.15, 0.2) is 5.17 Å². The van der Waals surface area contributed by atoms with Crippen LogP contribution in [-0.4, -0.2) is 17.3 Å². The standard InChI is InChI=1S/C14H17ClN2S/c15-11-7-5-10(6-8-11)9-18-14-16-12-3-1-2-4-13(12)17-14/h5-8,12-13H,1-4,9H2,(H,16,17)/t12-,13-/m1/s1. The van der Waals surface area contributed by atoms with Gasteiger partial charge in [-0.15, -0.1) is 0 Å². The number of hydrogen-bond acceptors (Lipinski definition) is 3. The van der Waals surface area contributed by atoms with Crippen LogP contribution in [0.3, 0.4) is 0 Å². The summed E-state index contributed by atoms with van der Waals surface area (Å²) in [7, 11) is 0. The predicted octanol–water partition coefficient (Wildman–Crippen LogP) is 3.84. The minimum Gasteiger partial charge on any atom is -0.360 e. The van der Waals surface area contributed by atoms with Crippen molar-refractivity contribution in [3.05, 3.63) is 34.9 Å². The van der Waals surface area contributed by atoms with E-state index in [1.54, 1.807) is 11.8 Å². The molecule has 2 nitrogen and oxygen atoms in total. The molecule has 1 N–H and O–H groups in total. The third-order valence-electron chi connectivity index (χ3n) is 3.61. The molecule has 0 radical (unpaired) electrons. The highest BCUT2D eigenvalue weighted by molar-refractivity contribution is 8.13. The summed E-state index contributed by atoms with van der Waals surface area (Å²) in [4.78, 5) is 4.79. The van der Waals surface area contributed by atoms with Crippen molar-refractivity contribution in [3.8, 4) is 0 Å². The molecule has 18 heavy (non-hydrogen) atoms. The number of hydrogen-bond donors (Lipinski definition) is 1. The van der Waals surface area contributed by atoms with Gasteiger partial charge in [-0.25, -0.2) is 0 Å². The second-order valence-corrected chi connectivity index (χ2v) is 6.35. The maximum Gasteiger partial charge on any atom is 0.157 e. The molecule has 96 valence electrons. The van der Waals surface area contributed by atoms with Crippen molar-refractivity contribution in [3.63, 3.8) is 0 Å². The average Bonchev–Trinajstić information content (AvgIpc) is 2.81. The van der Waals surface area contributed by atoms with Gasteiger partial charge in [0.2, 0.25) is 0 Å². The molecule has 3 rings (SSSR count). The Morgan fingerprint density at radius 1 is 1.22 bits per heavy atom. The summed E-state index contributed by atoms with van der Waals surface area (Å²) in [6, 6.07) is 9.19. The van der Waals surface area contributed by atoms with E-state index in [1.165, 1.54) is 31.2 Å². The number of rotatable bonds is 2. The maximum absolute atomic E-state index is 5.88. The van der Waals surface area contributed by atoms with Crippen LogP contribution in [0.4, 0.5) is 0 Å². The summed E-state index contributed by atoms with van der Waals surface area (Å²) in [5.41, 5.74) is 1.30. The van der Waals surface area contributed by atoms with Crippen LogP contribution in [0.5, 0.6) is 0 Å². The van der Waals surface area contributed by atoms with E-state index in [0.29, 0.717) is 12.1 Å². The number of benzene rings is 1. The zero-order valence-corrected chi connectivity index (χ0v) is 11.8. The fourth-order valence-corrected chi connectivity index (χ4v) is 3.66. The fraction of sp³-hybridized carbons (Fsp3) is 0.500. The molecule has 0 unspecified atom stereocenters. The molecule has 1 aliphatic carbocycles. The third-order valence-corrected chi connectivity index (χ3v) is 4.84. The van der Waals surface area contributed by atoms with E-state index in [4.69, 9.17) is 16.6 Å². The smallest absolute Gasteiger partial charge is 0.157 e. The van der Waals surface area contributed by atoms with E-state index >= 15 is 0 Å². The lowest BCUT2D eigenvalue weighted by atomic mass is 9.92. The van der Waals surface area contributed by atoms with Crippen molar-refractivity contribution < 1.29 is 0 Å². The van der Waals surface area contributed by atoms with E-state index in [0.717, 1.165) is 15.9 Å². The first-order valence-corrected chi connectivity index (χ1v) is 7.89. The molecule has 2 atom stereocenters. The zero-order chi connectivity index (χ0) is 12.4. The predicted molar refractivity (Wildman–Crippen MR) is 79.4 cm³/mol. The molecule has 1 aromatic rings. The quantitative estimate of drug-likeness (QED) is 0.890. The Morgan fingerprint density at radius 2 is 2.00 bits per heavy atom. The number of fused-ring (bicyclic) bond motifs is 1. The van der Waals surface area contributed by atoms with Crippen LogP contribution >= 0.6 is 23.4 Å². The fourth-order valence-electron chi connectivity index (χ4n) is 2.59. The minimum atomic E-state index is 0.534. The van der Waals surface area contributed by atoms with E-state index in [-0.39, 0.29) is 0 Å². The lowest BCUT2D eigenvalue weighted by molar-refractivity contribution is 0.385. The zero-order valence-electron chi connectivity index (χ0n) is 10.2. The van der Waals surface area contributed by atoms with E-state index in [9.17, 15) is 0 Å². The molecular formula is C14H17ClN2S. The molecule has 1 aromatic carbocycles. The summed E-state index contributed by atoms with van der Waals surface area (Å²) in [6.07, 6.45) is 5.21. The molecule has 1 saturated carbocycles. The van der Waals surface area contributed by atoms with E-state index in [2.05, 4.69) is 17.4 Å². The van der Waals surface area contributed by atoms with Crippen molar-refractivity contribution in [1.82, 2.24) is 5.32 Å². The number of halogens is 1. The maximum atomic E-state index is 5.88. The van der Waals surface area contributed by atoms with Crippen LogP contribution in [-0.2, 0) is 5.75 Å². The lowest BCUT2D eigenvalue weighted by Gasteiger charge is -2.23. The van der Waals surface area contributed by atoms with Gasteiger partial charge < -0.3 is 5.32 Å². The van der Waals surface area contributed by atoms with Gasteiger partial charge in [0, 0.05) is 10.8 Å². The summed E-state index contributed by atoms with van der Waals surface area (Å²) in [5.74, 6) is 0.961. The number of amidine groups is 1. The minimum absolute atomic E-state index is 0.534. The lowest BCUT2D eigenvalue weighted by Crippen LogP contribution is -2.36. The first-order valence-electron chi connectivity index (χ1n) is 6.53. The van der Waals surface area contributed by atoms with Gasteiger partial charge >= 0.3 is 0 Å². The summed E-state index contributed by atoms with van der Waals surface area (Å²) < 4.78 is 0. The molecule has 1 heterocycles. The average molecular weight is 281 g/mol. The van der Waals surface area contributed by atoms with Crippen molar-refractivity contribution in [1.29, 1.82) is 0 Å². The first-order chi connectivity index (χ1) is 8.81. The van der Waals surface area contributed by atoms with Crippen LogP contribution in [0.15, 0.2) is 29.3 Å². The van der Waals surface area contributed by atoms with Gasteiger partial charge in [0.25, 0.3) is 0 Å². The molecule has 0 amide bonds. The van der Waals surface area contributed by atoms with Crippen LogP contribution in [0.25, 0.3) is 0 Å². The van der Waals surface area contributed by atoms with E-state index < -0.39 is 0 Å². The molecule has 2 aliphatic rings. The Hall–Kier alpha value is -0.670. The molecular weight excluding hydrogens is 264 g/mol. The van der Waals surface area contributed by atoms with Crippen molar-refractivity contribution in [2.75, 3.05) is 0 Å². The van der Waals surface area contributed by atoms with Gasteiger partial charge in [0.05, 0.1) is 12.1 Å². The Labute approximate surface area is 117 Å². The largest absolute Gasteiger partial charge is 0.360 e. The second-order valence-electron chi connectivity index (χ2n) is 4.95. The number of thioether (sulfide) groups is 1. The Balaban J connectivity index is 1.56. The Morgan fingerprint density at radius 3 is 2.78 bits per heavy atom. The van der Waals surface area contributed by atoms with Gasteiger partial charge in [-0.1, -0.05) is 48.3 Å². The van der Waals surface area contributed by atoms with Crippen LogP contribution in [0, 0.1) is 0 Å². The van der Waals surface area contributed by atoms with Gasteiger partial charge in [-0.05, 0) is 30.5 Å². The molecule has 0 saturated heterocycles. The van der Waals surface area contributed by atoms with Gasteiger partial charge in [-0.2, -0.15) is 0 Å². The number of nitrogens with one attached hydrogen (secondary N) is 1. The molecule has 1 fully saturated rings. The summed E-state index contributed by atoms with van der Waals surface area (Å²) in [5, 5.41) is 5.49. The van der Waals surface area contributed by atoms with E-state index in [1.807, 2.05) is 12.1 Å². The van der Waals surface area contributed by atoms with Crippen molar-refractivity contribution >= 4 is 28.5 Å². The number of aliphatic imine (C=N–C) groups is 1. The molecule has 4 heteroatoms. The summed E-state index contributed by atoms with van der Waals surface area (Å²) in [6.45, 7) is 0. The van der Waals surface area contributed by atoms with Gasteiger partial charge in [0.1, 0.15) is 0 Å². The SMILES string of the molecule is Clc1ccc(CSC2=N[C@@H]3CCCC[C@H]3N2)cc1. The van der Waals surface area contributed by atoms with Crippen molar-refractivity contribution in [2.45, 2.75) is 43.5 Å². The normalized spacial score (nSPS) is 26.4. The molecule has 0 aromatic heterocycles. The van der Waals surface area contributed by atoms with Crippen molar-refractivity contribution in [2.24, 2.45) is 4.99 Å². The van der Waals surface area contributed by atoms with Crippen LogP contribution in [0.1, 0.15) is 31.2 Å². The topological polar surface area (TPSA) is 24.4 Å². The summed E-state index contributed by atoms with van der Waals surface area (Å²) >= 11 is 7.68. The highest BCUT2D eigenvalue weighted by Crippen LogP contribution is 2.28. The molecule has 0 bridgehead atoms. The highest BCUT2D eigenvalue weighted by atomic mass is 35.5. The Bertz CT molecular complexity index is 444.